The van der Waals surface area contributed by atoms with Crippen molar-refractivity contribution in [2.24, 2.45) is 5.92 Å². The first-order chi connectivity index (χ1) is 13.8. The van der Waals surface area contributed by atoms with E-state index in [1.165, 1.54) is 113 Å². The fourth-order valence-electron chi connectivity index (χ4n) is 5.28. The second-order valence-electron chi connectivity index (χ2n) is 9.60. The minimum atomic E-state index is 0.654. The van der Waals surface area contributed by atoms with E-state index in [1.807, 2.05) is 11.3 Å². The highest BCUT2D eigenvalue weighted by molar-refractivity contribution is 7.16. The molecule has 0 radical (unpaired) electrons. The first kappa shape index (κ1) is 20.4. The molecule has 0 aromatic carbocycles. The number of hydrogen-bond donors (Lipinski definition) is 0. The number of rotatable bonds is 2. The average Bonchev–Trinajstić information content (AvgIpc) is 3.28. The Kier molecular flexibility index (Phi) is 7.44. The van der Waals surface area contributed by atoms with Gasteiger partial charge >= 0.3 is 0 Å². The minimum absolute atomic E-state index is 0.654. The van der Waals surface area contributed by atoms with Gasteiger partial charge in [-0.2, -0.15) is 5.10 Å². The van der Waals surface area contributed by atoms with E-state index in [4.69, 9.17) is 10.1 Å². The second-order valence-corrected chi connectivity index (χ2v) is 10.6. The molecule has 28 heavy (non-hydrogen) atoms. The molecule has 0 amide bonds. The first-order valence-electron chi connectivity index (χ1n) is 12.2. The Morgan fingerprint density at radius 3 is 2.07 bits per heavy atom. The molecule has 156 valence electrons. The van der Waals surface area contributed by atoms with Crippen LogP contribution in [-0.4, -0.2) is 14.6 Å². The molecule has 2 heterocycles. The summed E-state index contributed by atoms with van der Waals surface area (Å²) in [5.74, 6) is 2.19. The van der Waals surface area contributed by atoms with Crippen LogP contribution in [0.5, 0.6) is 0 Å². The quantitative estimate of drug-likeness (QED) is 0.512. The van der Waals surface area contributed by atoms with Gasteiger partial charge in [0.1, 0.15) is 5.01 Å². The highest BCUT2D eigenvalue weighted by Crippen LogP contribution is 2.36. The summed E-state index contributed by atoms with van der Waals surface area (Å²) < 4.78 is 2.12. The lowest BCUT2D eigenvalue weighted by atomic mass is 9.90. The molecule has 2 atom stereocenters. The Morgan fingerprint density at radius 2 is 1.36 bits per heavy atom. The number of aromatic nitrogens is 3. The Hall–Kier alpha value is -0.900. The molecule has 0 spiro atoms. The summed E-state index contributed by atoms with van der Waals surface area (Å²) in [5, 5.41) is 6.37. The Morgan fingerprint density at radius 1 is 0.750 bits per heavy atom. The van der Waals surface area contributed by atoms with Gasteiger partial charge in [-0.3, -0.25) is 0 Å². The smallest absolute Gasteiger partial charge is 0.212 e. The van der Waals surface area contributed by atoms with Gasteiger partial charge in [0.05, 0.1) is 11.9 Å². The van der Waals surface area contributed by atoms with E-state index in [0.29, 0.717) is 11.8 Å². The van der Waals surface area contributed by atoms with Gasteiger partial charge < -0.3 is 0 Å². The second kappa shape index (κ2) is 10.2. The van der Waals surface area contributed by atoms with Crippen molar-refractivity contribution in [3.8, 4) is 0 Å². The third-order valence-electron chi connectivity index (χ3n) is 7.21. The lowest BCUT2D eigenvalue weighted by molar-refractivity contribution is 0.447. The third-order valence-corrected chi connectivity index (χ3v) is 8.29. The van der Waals surface area contributed by atoms with E-state index >= 15 is 0 Å². The van der Waals surface area contributed by atoms with Crippen LogP contribution in [0, 0.1) is 5.92 Å². The van der Waals surface area contributed by atoms with Crippen molar-refractivity contribution in [3.05, 3.63) is 16.9 Å². The van der Waals surface area contributed by atoms with Crippen LogP contribution in [0.4, 0.5) is 0 Å². The van der Waals surface area contributed by atoms with Crippen molar-refractivity contribution in [3.63, 3.8) is 0 Å². The van der Waals surface area contributed by atoms with Crippen LogP contribution in [-0.2, 0) is 0 Å². The van der Waals surface area contributed by atoms with Gasteiger partial charge in [0.15, 0.2) is 0 Å². The van der Waals surface area contributed by atoms with Gasteiger partial charge in [-0.15, -0.1) is 0 Å². The Bertz CT molecular complexity index is 677. The zero-order chi connectivity index (χ0) is 19.2. The van der Waals surface area contributed by atoms with E-state index in [0.717, 1.165) is 10.9 Å². The molecule has 2 aromatic rings. The van der Waals surface area contributed by atoms with Crippen LogP contribution in [0.25, 0.3) is 4.96 Å². The predicted molar refractivity (Wildman–Crippen MR) is 119 cm³/mol. The van der Waals surface area contributed by atoms with Crippen molar-refractivity contribution >= 4 is 16.3 Å². The number of hydrogen-bond acceptors (Lipinski definition) is 3. The molecule has 2 saturated carbocycles. The minimum Gasteiger partial charge on any atom is -0.222 e. The van der Waals surface area contributed by atoms with Crippen LogP contribution in [0.3, 0.4) is 0 Å². The van der Waals surface area contributed by atoms with Crippen LogP contribution in [0.1, 0.15) is 132 Å². The van der Waals surface area contributed by atoms with Gasteiger partial charge in [0.2, 0.25) is 4.96 Å². The molecule has 2 unspecified atom stereocenters. The fraction of sp³-hybridized carbons (Fsp3) is 0.833. The topological polar surface area (TPSA) is 30.2 Å². The normalized spacial score (nSPS) is 27.2. The average molecular weight is 402 g/mol. The molecule has 0 saturated heterocycles. The van der Waals surface area contributed by atoms with E-state index in [2.05, 4.69) is 17.6 Å². The van der Waals surface area contributed by atoms with Gasteiger partial charge in [0, 0.05) is 11.8 Å². The first-order valence-corrected chi connectivity index (χ1v) is 13.0. The van der Waals surface area contributed by atoms with Crippen molar-refractivity contribution in [2.75, 3.05) is 0 Å². The van der Waals surface area contributed by atoms with Gasteiger partial charge in [0.25, 0.3) is 0 Å². The summed E-state index contributed by atoms with van der Waals surface area (Å²) >= 11 is 1.87. The van der Waals surface area contributed by atoms with E-state index in [-0.39, 0.29) is 0 Å². The lowest BCUT2D eigenvalue weighted by Crippen LogP contribution is -2.03. The molecule has 4 rings (SSSR count). The number of imidazole rings is 1. The highest BCUT2D eigenvalue weighted by Gasteiger charge is 2.22. The molecule has 0 aliphatic heterocycles. The molecule has 0 N–H and O–H groups in total. The monoisotopic (exact) mass is 401 g/mol. The zero-order valence-electron chi connectivity index (χ0n) is 17.9. The van der Waals surface area contributed by atoms with Crippen molar-refractivity contribution in [1.29, 1.82) is 0 Å². The SMILES string of the molecule is CC1CCCCCC(c2nn3cc(C4CCCCCCCCC4)nc3s2)CC1. The molecule has 3 nitrogen and oxygen atoms in total. The third kappa shape index (κ3) is 5.37. The number of nitrogens with zero attached hydrogens (tertiary/aromatic N) is 3. The molecular weight excluding hydrogens is 362 g/mol. The van der Waals surface area contributed by atoms with E-state index < -0.39 is 0 Å². The van der Waals surface area contributed by atoms with Gasteiger partial charge in [-0.1, -0.05) is 95.3 Å². The van der Waals surface area contributed by atoms with Crippen LogP contribution >= 0.6 is 11.3 Å². The summed E-state index contributed by atoms with van der Waals surface area (Å²) in [6.07, 6.45) is 24.3. The van der Waals surface area contributed by atoms with Crippen LogP contribution in [0.15, 0.2) is 6.20 Å². The predicted octanol–water partition coefficient (Wildman–Crippen LogP) is 7.86. The lowest BCUT2D eigenvalue weighted by Gasteiger charge is -2.16. The van der Waals surface area contributed by atoms with E-state index in [1.54, 1.807) is 0 Å². The zero-order valence-corrected chi connectivity index (χ0v) is 18.7. The van der Waals surface area contributed by atoms with E-state index in [9.17, 15) is 0 Å². The summed E-state index contributed by atoms with van der Waals surface area (Å²) in [4.78, 5) is 6.21. The number of fused-ring (bicyclic) bond motifs is 1. The largest absolute Gasteiger partial charge is 0.222 e. The Balaban J connectivity index is 1.45. The standard InChI is InChI=1S/C24H39N3S/c1-19-12-8-7-11-15-21(17-16-19)23-26-27-18-22(25-24(27)28-23)20-13-9-5-3-2-4-6-10-14-20/h18-21H,2-17H2,1H3. The van der Waals surface area contributed by atoms with Crippen LogP contribution < -0.4 is 0 Å². The summed E-state index contributed by atoms with van der Waals surface area (Å²) in [6.45, 7) is 2.43. The highest BCUT2D eigenvalue weighted by atomic mass is 32.1. The maximum absolute atomic E-state index is 5.07. The van der Waals surface area contributed by atoms with Crippen LogP contribution in [0.2, 0.25) is 0 Å². The van der Waals surface area contributed by atoms with Crippen molar-refractivity contribution < 1.29 is 0 Å². The van der Waals surface area contributed by atoms with Gasteiger partial charge in [-0.05, 0) is 31.6 Å². The summed E-state index contributed by atoms with van der Waals surface area (Å²) in [6, 6.07) is 0. The summed E-state index contributed by atoms with van der Waals surface area (Å²) in [7, 11) is 0. The molecule has 2 aliphatic rings. The molecule has 4 heteroatoms. The summed E-state index contributed by atoms with van der Waals surface area (Å²) in [5.41, 5.74) is 1.31. The molecule has 2 aliphatic carbocycles. The molecule has 0 bridgehead atoms. The molecule has 2 fully saturated rings. The maximum Gasteiger partial charge on any atom is 0.212 e. The molecular formula is C24H39N3S. The van der Waals surface area contributed by atoms with Crippen molar-refractivity contribution in [1.82, 2.24) is 14.6 Å². The van der Waals surface area contributed by atoms with Crippen molar-refractivity contribution in [2.45, 2.75) is 121 Å². The van der Waals surface area contributed by atoms with Gasteiger partial charge in [-0.25, -0.2) is 9.50 Å². The maximum atomic E-state index is 5.07. The molecule has 2 aromatic heterocycles. The fourth-order valence-corrected chi connectivity index (χ4v) is 6.34. The Labute approximate surface area is 175 Å².